The quantitative estimate of drug-likeness (QED) is 0.0468. The second kappa shape index (κ2) is 30.5. The Morgan fingerprint density at radius 2 is 0.872 bits per heavy atom. The van der Waals surface area contributed by atoms with Crippen molar-refractivity contribution in [3.05, 3.63) is 59.7 Å². The van der Waals surface area contributed by atoms with Gasteiger partial charge in [0, 0.05) is 12.1 Å². The van der Waals surface area contributed by atoms with Crippen LogP contribution in [0.1, 0.15) is 115 Å². The fourth-order valence-electron chi connectivity index (χ4n) is 6.11. The third-order valence-electron chi connectivity index (χ3n) is 8.84. The van der Waals surface area contributed by atoms with Crippen LogP contribution in [0, 0.1) is 0 Å². The topological polar surface area (TPSA) is 100 Å². The van der Waals surface area contributed by atoms with Crippen molar-refractivity contribution in [2.45, 2.75) is 129 Å². The number of rotatable bonds is 31. The smallest absolute Gasteiger partial charge is 0.00798 e. The van der Waals surface area contributed by atoms with Crippen molar-refractivity contribution in [1.82, 2.24) is 21.3 Å². The first-order valence-corrected chi connectivity index (χ1v) is 19.1. The Morgan fingerprint density at radius 3 is 1.30 bits per heavy atom. The summed E-state index contributed by atoms with van der Waals surface area (Å²) >= 11 is 0. The average Bonchev–Trinajstić information content (AvgIpc) is 3.06. The minimum Gasteiger partial charge on any atom is -0.327 e. The molecule has 0 saturated carbocycles. The van der Waals surface area contributed by atoms with E-state index in [1.807, 2.05) is 0 Å². The number of benzene rings is 2. The Kier molecular flexibility index (Phi) is 28.3. The molecule has 0 radical (unpaired) electrons. The Hall–Kier alpha value is -1.51. The molecule has 2 rings (SSSR count). The van der Waals surface area contributed by atoms with Gasteiger partial charge in [-0.2, -0.15) is 0 Å². The monoisotopic (exact) mass is 673 g/mol. The molecular weight excluding hydrogens is 600 g/mol. The summed E-state index contributed by atoms with van der Waals surface area (Å²) in [5.41, 5.74) is 18.5. The maximum atomic E-state index is 6.66. The van der Waals surface area contributed by atoms with Crippen LogP contribution in [-0.4, -0.2) is 64.4 Å². The third kappa shape index (κ3) is 23.5. The van der Waals surface area contributed by atoms with Gasteiger partial charge in [0.2, 0.25) is 0 Å². The van der Waals surface area contributed by atoms with Crippen molar-refractivity contribution in [3.63, 3.8) is 0 Å². The number of nitrogens with one attached hydrogen (secondary N) is 4. The number of halogens is 1. The highest BCUT2D eigenvalue weighted by Crippen LogP contribution is 2.24. The van der Waals surface area contributed by atoms with Gasteiger partial charge in [-0.15, -0.1) is 12.4 Å². The fraction of sp³-hybridized carbons (Fsp3) is 0.700. The number of hydrogen-bond donors (Lipinski definition) is 6. The Bertz CT molecular complexity index is 905. The van der Waals surface area contributed by atoms with E-state index in [2.05, 4.69) is 83.6 Å². The van der Waals surface area contributed by atoms with Gasteiger partial charge >= 0.3 is 0 Å². The molecule has 47 heavy (non-hydrogen) atoms. The molecule has 0 aliphatic rings. The molecule has 0 amide bonds. The van der Waals surface area contributed by atoms with E-state index in [9.17, 15) is 0 Å². The van der Waals surface area contributed by atoms with Crippen molar-refractivity contribution in [2.75, 3.05) is 52.4 Å². The van der Waals surface area contributed by atoms with Crippen molar-refractivity contribution < 1.29 is 0 Å². The molecular formula is C40H73ClN6. The molecule has 0 heterocycles. The lowest BCUT2D eigenvalue weighted by Crippen LogP contribution is -2.27. The van der Waals surface area contributed by atoms with Crippen LogP contribution < -0.4 is 32.7 Å². The van der Waals surface area contributed by atoms with Gasteiger partial charge in [-0.05, 0) is 139 Å². The van der Waals surface area contributed by atoms with Gasteiger partial charge in [0.05, 0.1) is 0 Å². The van der Waals surface area contributed by atoms with E-state index < -0.39 is 0 Å². The Morgan fingerprint density at radius 1 is 0.468 bits per heavy atom. The standard InChI is InChI=1S/C40H72N6.ClH/c1-3-5-7-12-22-43-26-16-28-45-24-14-20-39(41)33-35-30-36(32-38(31-35)37-18-10-9-11-19-37)34-40(42)21-15-25-46-29-17-27-44-23-13-8-6-4-2;/h9-11,18-19,30-32,39-40,43-46H,3-8,12-17,20-29,33-34,41-42H2,1-2H3;1H. The Labute approximate surface area is 296 Å². The van der Waals surface area contributed by atoms with Crippen molar-refractivity contribution in [3.8, 4) is 11.1 Å². The molecule has 0 saturated heterocycles. The summed E-state index contributed by atoms with van der Waals surface area (Å²) < 4.78 is 0. The van der Waals surface area contributed by atoms with E-state index in [1.54, 1.807) is 0 Å². The first-order chi connectivity index (χ1) is 22.6. The second-order valence-electron chi connectivity index (χ2n) is 13.4. The maximum Gasteiger partial charge on any atom is 0.00798 e. The zero-order chi connectivity index (χ0) is 32.9. The Balaban J connectivity index is 0.0000110. The lowest BCUT2D eigenvalue weighted by Gasteiger charge is -2.17. The van der Waals surface area contributed by atoms with E-state index in [0.717, 1.165) is 90.9 Å². The van der Waals surface area contributed by atoms with Crippen LogP contribution in [0.4, 0.5) is 0 Å². The molecule has 2 aromatic carbocycles. The highest BCUT2D eigenvalue weighted by atomic mass is 35.5. The molecule has 8 N–H and O–H groups in total. The van der Waals surface area contributed by atoms with Gasteiger partial charge in [0.25, 0.3) is 0 Å². The molecule has 0 spiro atoms. The van der Waals surface area contributed by atoms with E-state index in [4.69, 9.17) is 11.5 Å². The molecule has 2 aromatic rings. The predicted molar refractivity (Wildman–Crippen MR) is 210 cm³/mol. The summed E-state index contributed by atoms with van der Waals surface area (Å²) in [4.78, 5) is 0. The van der Waals surface area contributed by atoms with Gasteiger partial charge in [0.1, 0.15) is 0 Å². The lowest BCUT2D eigenvalue weighted by molar-refractivity contribution is 0.528. The van der Waals surface area contributed by atoms with Crippen molar-refractivity contribution in [1.29, 1.82) is 0 Å². The second-order valence-corrected chi connectivity index (χ2v) is 13.4. The summed E-state index contributed by atoms with van der Waals surface area (Å²) in [7, 11) is 0. The van der Waals surface area contributed by atoms with E-state index in [-0.39, 0.29) is 24.5 Å². The molecule has 270 valence electrons. The molecule has 0 aromatic heterocycles. The first kappa shape index (κ1) is 43.5. The predicted octanol–water partition coefficient (Wildman–Crippen LogP) is 7.37. The zero-order valence-corrected chi connectivity index (χ0v) is 31.1. The zero-order valence-electron chi connectivity index (χ0n) is 30.3. The summed E-state index contributed by atoms with van der Waals surface area (Å²) in [6.07, 6.45) is 19.1. The number of nitrogens with two attached hydrogens (primary N) is 2. The van der Waals surface area contributed by atoms with E-state index in [1.165, 1.54) is 86.5 Å². The fourth-order valence-corrected chi connectivity index (χ4v) is 6.11. The van der Waals surface area contributed by atoms with Gasteiger partial charge in [-0.25, -0.2) is 0 Å². The van der Waals surface area contributed by atoms with E-state index in [0.29, 0.717) is 0 Å². The van der Waals surface area contributed by atoms with Crippen molar-refractivity contribution >= 4 is 12.4 Å². The van der Waals surface area contributed by atoms with E-state index >= 15 is 0 Å². The summed E-state index contributed by atoms with van der Waals surface area (Å²) in [5.74, 6) is 0. The molecule has 7 heteroatoms. The van der Waals surface area contributed by atoms with Crippen LogP contribution in [0.3, 0.4) is 0 Å². The van der Waals surface area contributed by atoms with Crippen LogP contribution in [0.2, 0.25) is 0 Å². The molecule has 0 bridgehead atoms. The third-order valence-corrected chi connectivity index (χ3v) is 8.84. The minimum absolute atomic E-state index is 0. The molecule has 2 atom stereocenters. The molecule has 0 aliphatic carbocycles. The van der Waals surface area contributed by atoms with Gasteiger partial charge < -0.3 is 32.7 Å². The average molecular weight is 674 g/mol. The number of unbranched alkanes of at least 4 members (excludes halogenated alkanes) is 6. The molecule has 6 nitrogen and oxygen atoms in total. The SMILES string of the molecule is CCCCCCNCCCNCCCC(N)Cc1cc(CC(N)CCCNCCCNCCCCCC)cc(-c2ccccc2)c1.Cl. The maximum absolute atomic E-state index is 6.66. The van der Waals surface area contributed by atoms with Gasteiger partial charge in [0.15, 0.2) is 0 Å². The minimum atomic E-state index is 0. The van der Waals surface area contributed by atoms with Crippen LogP contribution >= 0.6 is 12.4 Å². The van der Waals surface area contributed by atoms with Gasteiger partial charge in [-0.3, -0.25) is 0 Å². The van der Waals surface area contributed by atoms with Crippen LogP contribution in [0.5, 0.6) is 0 Å². The van der Waals surface area contributed by atoms with Gasteiger partial charge in [-0.1, -0.05) is 101 Å². The summed E-state index contributed by atoms with van der Waals surface area (Å²) in [5, 5.41) is 14.3. The van der Waals surface area contributed by atoms with Crippen LogP contribution in [-0.2, 0) is 12.8 Å². The molecule has 2 unspecified atom stereocenters. The van der Waals surface area contributed by atoms with Crippen LogP contribution in [0.15, 0.2) is 48.5 Å². The normalized spacial score (nSPS) is 12.6. The largest absolute Gasteiger partial charge is 0.327 e. The summed E-state index contributed by atoms with van der Waals surface area (Å²) in [6, 6.07) is 18.1. The highest BCUT2D eigenvalue weighted by Gasteiger charge is 2.11. The van der Waals surface area contributed by atoms with Crippen LogP contribution in [0.25, 0.3) is 11.1 Å². The summed E-state index contributed by atoms with van der Waals surface area (Å²) in [6.45, 7) is 13.3. The number of hydrogen-bond acceptors (Lipinski definition) is 6. The molecule has 0 aliphatic heterocycles. The lowest BCUT2D eigenvalue weighted by atomic mass is 9.92. The highest BCUT2D eigenvalue weighted by molar-refractivity contribution is 5.85. The first-order valence-electron chi connectivity index (χ1n) is 19.1. The van der Waals surface area contributed by atoms with Crippen molar-refractivity contribution in [2.24, 2.45) is 11.5 Å². The molecule has 0 fully saturated rings.